The first-order valence-corrected chi connectivity index (χ1v) is 9.13. The molecule has 29 heavy (non-hydrogen) atoms. The molecule has 7 nitrogen and oxygen atoms in total. The van der Waals surface area contributed by atoms with Crippen molar-refractivity contribution in [1.29, 1.82) is 0 Å². The molecule has 0 radical (unpaired) electrons. The summed E-state index contributed by atoms with van der Waals surface area (Å²) < 4.78 is 15.7. The minimum absolute atomic E-state index is 0.304. The van der Waals surface area contributed by atoms with Crippen LogP contribution in [0.3, 0.4) is 0 Å². The first kappa shape index (κ1) is 20.3. The van der Waals surface area contributed by atoms with Crippen LogP contribution in [-0.4, -0.2) is 38.2 Å². The zero-order chi connectivity index (χ0) is 21.0. The molecule has 1 heterocycles. The Hall–Kier alpha value is -3.48. The molecule has 0 aliphatic carbocycles. The number of hydrogen-bond acceptors (Lipinski definition) is 5. The molecule has 1 unspecified atom stereocenters. The van der Waals surface area contributed by atoms with Crippen molar-refractivity contribution in [3.05, 3.63) is 70.9 Å². The number of rotatable bonds is 6. The molecule has 7 heteroatoms. The van der Waals surface area contributed by atoms with Gasteiger partial charge in [-0.3, -0.25) is 4.90 Å². The Kier molecular flexibility index (Phi) is 6.07. The number of allylic oxidation sites excluding steroid dienone is 1. The Bertz CT molecular complexity index is 939. The molecule has 1 aliphatic rings. The second-order valence-corrected chi connectivity index (χ2v) is 6.55. The summed E-state index contributed by atoms with van der Waals surface area (Å²) in [5.41, 5.74) is 2.48. The van der Waals surface area contributed by atoms with Crippen LogP contribution in [0.4, 0.5) is 4.79 Å². The summed E-state index contributed by atoms with van der Waals surface area (Å²) in [7, 11) is 4.41. The monoisotopic (exact) mass is 396 g/mol. The topological polar surface area (TPSA) is 77.1 Å². The molecule has 2 aromatic rings. The van der Waals surface area contributed by atoms with Gasteiger partial charge in [-0.25, -0.2) is 9.59 Å². The van der Waals surface area contributed by atoms with E-state index >= 15 is 0 Å². The average molecular weight is 396 g/mol. The van der Waals surface area contributed by atoms with Gasteiger partial charge in [0.1, 0.15) is 11.5 Å². The Balaban J connectivity index is 2.07. The second kappa shape index (κ2) is 8.68. The minimum atomic E-state index is -0.706. The molecular formula is C22H24N2O5. The summed E-state index contributed by atoms with van der Waals surface area (Å²) in [6, 6.07) is 13.8. The fourth-order valence-electron chi connectivity index (χ4n) is 3.40. The quantitative estimate of drug-likeness (QED) is 0.757. The van der Waals surface area contributed by atoms with Crippen molar-refractivity contribution in [1.82, 2.24) is 10.2 Å². The molecule has 1 atom stereocenters. The van der Waals surface area contributed by atoms with Gasteiger partial charge in [-0.05, 0) is 24.6 Å². The van der Waals surface area contributed by atoms with E-state index in [9.17, 15) is 9.59 Å². The summed E-state index contributed by atoms with van der Waals surface area (Å²) in [6.07, 6.45) is 0. The van der Waals surface area contributed by atoms with Crippen LogP contribution in [0.2, 0.25) is 0 Å². The number of nitrogens with one attached hydrogen (secondary N) is 1. The van der Waals surface area contributed by atoms with Crippen molar-refractivity contribution >= 4 is 12.0 Å². The molecule has 0 spiro atoms. The molecule has 0 aromatic heterocycles. The van der Waals surface area contributed by atoms with Gasteiger partial charge in [0.25, 0.3) is 0 Å². The lowest BCUT2D eigenvalue weighted by atomic mass is 9.93. The summed E-state index contributed by atoms with van der Waals surface area (Å²) in [4.78, 5) is 27.1. The van der Waals surface area contributed by atoms with Gasteiger partial charge >= 0.3 is 12.0 Å². The third kappa shape index (κ3) is 4.03. The molecule has 0 bridgehead atoms. The third-order valence-corrected chi connectivity index (χ3v) is 4.94. The number of urea groups is 1. The molecule has 1 aliphatic heterocycles. The highest BCUT2D eigenvalue weighted by Crippen LogP contribution is 2.37. The van der Waals surface area contributed by atoms with Gasteiger partial charge in [-0.1, -0.05) is 30.3 Å². The van der Waals surface area contributed by atoms with Crippen LogP contribution in [0.1, 0.15) is 24.1 Å². The maximum atomic E-state index is 12.9. The number of nitrogens with zero attached hydrogens (tertiary/aromatic N) is 1. The van der Waals surface area contributed by atoms with Crippen molar-refractivity contribution in [3.63, 3.8) is 0 Å². The number of hydrogen-bond donors (Lipinski definition) is 1. The van der Waals surface area contributed by atoms with Gasteiger partial charge in [0, 0.05) is 17.3 Å². The zero-order valence-electron chi connectivity index (χ0n) is 16.9. The van der Waals surface area contributed by atoms with E-state index in [0.717, 1.165) is 5.56 Å². The Morgan fingerprint density at radius 2 is 1.79 bits per heavy atom. The Labute approximate surface area is 169 Å². The summed E-state index contributed by atoms with van der Waals surface area (Å²) in [5.74, 6) is 0.600. The van der Waals surface area contributed by atoms with Crippen LogP contribution in [-0.2, 0) is 16.1 Å². The van der Waals surface area contributed by atoms with E-state index in [1.54, 1.807) is 32.2 Å². The number of carbonyl (C=O) groups is 2. The summed E-state index contributed by atoms with van der Waals surface area (Å²) in [5, 5.41) is 2.92. The smallest absolute Gasteiger partial charge is 0.337 e. The molecule has 0 fully saturated rings. The number of esters is 1. The van der Waals surface area contributed by atoms with Gasteiger partial charge in [-0.2, -0.15) is 0 Å². The van der Waals surface area contributed by atoms with Crippen molar-refractivity contribution in [3.8, 4) is 11.5 Å². The third-order valence-electron chi connectivity index (χ3n) is 4.94. The molecule has 3 rings (SSSR count). The van der Waals surface area contributed by atoms with Crippen LogP contribution in [0, 0.1) is 0 Å². The maximum absolute atomic E-state index is 12.9. The van der Waals surface area contributed by atoms with Gasteiger partial charge in [-0.15, -0.1) is 0 Å². The number of benzene rings is 2. The number of carbonyl (C=O) groups excluding carboxylic acids is 2. The Morgan fingerprint density at radius 3 is 2.41 bits per heavy atom. The van der Waals surface area contributed by atoms with E-state index in [4.69, 9.17) is 14.2 Å². The summed E-state index contributed by atoms with van der Waals surface area (Å²) in [6.45, 7) is 2.09. The number of amides is 2. The molecule has 152 valence electrons. The van der Waals surface area contributed by atoms with Crippen LogP contribution in [0.5, 0.6) is 11.5 Å². The highest BCUT2D eigenvalue weighted by atomic mass is 16.5. The zero-order valence-corrected chi connectivity index (χ0v) is 16.9. The van der Waals surface area contributed by atoms with Crippen LogP contribution in [0.15, 0.2) is 59.8 Å². The predicted molar refractivity (Wildman–Crippen MR) is 108 cm³/mol. The highest BCUT2D eigenvalue weighted by molar-refractivity contribution is 5.95. The first-order valence-electron chi connectivity index (χ1n) is 9.13. The molecule has 2 aromatic carbocycles. The SMILES string of the molecule is COC(=O)C1=C(C)N(Cc2ccccc2)C(=O)NC1c1ccc(OC)cc1OC. The van der Waals surface area contributed by atoms with E-state index in [1.165, 1.54) is 19.1 Å². The van der Waals surface area contributed by atoms with Crippen LogP contribution < -0.4 is 14.8 Å². The lowest BCUT2D eigenvalue weighted by Crippen LogP contribution is -2.47. The Morgan fingerprint density at radius 1 is 1.07 bits per heavy atom. The van der Waals surface area contributed by atoms with E-state index in [1.807, 2.05) is 30.3 Å². The fourth-order valence-corrected chi connectivity index (χ4v) is 3.40. The fraction of sp³-hybridized carbons (Fsp3) is 0.273. The van der Waals surface area contributed by atoms with Crippen molar-refractivity contribution in [2.45, 2.75) is 19.5 Å². The van der Waals surface area contributed by atoms with Crippen molar-refractivity contribution in [2.75, 3.05) is 21.3 Å². The normalized spacial score (nSPS) is 16.3. The number of methoxy groups -OCH3 is 3. The van der Waals surface area contributed by atoms with Crippen LogP contribution >= 0.6 is 0 Å². The van der Waals surface area contributed by atoms with Crippen molar-refractivity contribution < 1.29 is 23.8 Å². The van der Waals surface area contributed by atoms with Gasteiger partial charge in [0.2, 0.25) is 0 Å². The number of ether oxygens (including phenoxy) is 3. The second-order valence-electron chi connectivity index (χ2n) is 6.55. The first-order chi connectivity index (χ1) is 14.0. The predicted octanol–water partition coefficient (Wildman–Crippen LogP) is 3.42. The highest BCUT2D eigenvalue weighted by Gasteiger charge is 2.37. The maximum Gasteiger partial charge on any atom is 0.337 e. The minimum Gasteiger partial charge on any atom is -0.497 e. The molecule has 0 saturated carbocycles. The summed E-state index contributed by atoms with van der Waals surface area (Å²) >= 11 is 0. The van der Waals surface area contributed by atoms with Crippen LogP contribution in [0.25, 0.3) is 0 Å². The lowest BCUT2D eigenvalue weighted by molar-refractivity contribution is -0.136. The van der Waals surface area contributed by atoms with Gasteiger partial charge in [0.05, 0.1) is 39.5 Å². The van der Waals surface area contributed by atoms with E-state index in [-0.39, 0.29) is 6.03 Å². The van der Waals surface area contributed by atoms with E-state index in [0.29, 0.717) is 34.9 Å². The van der Waals surface area contributed by atoms with Gasteiger partial charge < -0.3 is 19.5 Å². The van der Waals surface area contributed by atoms with Crippen molar-refractivity contribution in [2.24, 2.45) is 0 Å². The lowest BCUT2D eigenvalue weighted by Gasteiger charge is -2.35. The molecule has 2 amide bonds. The molecule has 0 saturated heterocycles. The molecular weight excluding hydrogens is 372 g/mol. The standard InChI is InChI=1S/C22H24N2O5/c1-14-19(21(25)29-4)20(17-11-10-16(27-2)12-18(17)28-3)23-22(26)24(14)13-15-8-6-5-7-9-15/h5-12,20H,13H2,1-4H3,(H,23,26). The van der Waals surface area contributed by atoms with E-state index < -0.39 is 12.0 Å². The average Bonchev–Trinajstić information content (AvgIpc) is 2.76. The largest absolute Gasteiger partial charge is 0.497 e. The van der Waals surface area contributed by atoms with Gasteiger partial charge in [0.15, 0.2) is 0 Å². The van der Waals surface area contributed by atoms with E-state index in [2.05, 4.69) is 5.32 Å². The molecule has 1 N–H and O–H groups in total.